The molecule has 0 aliphatic rings. The molecule has 0 radical (unpaired) electrons. The SMILES string of the molecule is CCCCCCO[Si](C)(C)C(C)(C)C. The quantitative estimate of drug-likeness (QED) is 0.466. The van der Waals surface area contributed by atoms with Gasteiger partial charge in [0.25, 0.3) is 0 Å². The average Bonchev–Trinajstić information content (AvgIpc) is 2.02. The standard InChI is InChI=1S/C12H28OSi/c1-7-8-9-10-11-13-14(5,6)12(2,3)4/h7-11H2,1-6H3. The van der Waals surface area contributed by atoms with E-state index in [0.29, 0.717) is 5.04 Å². The Hall–Kier alpha value is 0.177. The molecule has 0 atom stereocenters. The highest BCUT2D eigenvalue weighted by molar-refractivity contribution is 6.74. The van der Waals surface area contributed by atoms with Gasteiger partial charge in [0, 0.05) is 6.61 Å². The van der Waals surface area contributed by atoms with Gasteiger partial charge in [-0.2, -0.15) is 0 Å². The molecule has 0 spiro atoms. The Morgan fingerprint density at radius 3 is 2.00 bits per heavy atom. The van der Waals surface area contributed by atoms with Crippen LogP contribution in [0.3, 0.4) is 0 Å². The van der Waals surface area contributed by atoms with E-state index >= 15 is 0 Å². The van der Waals surface area contributed by atoms with Gasteiger partial charge in [0.1, 0.15) is 0 Å². The van der Waals surface area contributed by atoms with E-state index in [1.807, 2.05) is 0 Å². The lowest BCUT2D eigenvalue weighted by atomic mass is 10.2. The molecule has 0 aliphatic heterocycles. The molecule has 0 unspecified atom stereocenters. The Labute approximate surface area is 91.4 Å². The van der Waals surface area contributed by atoms with Crippen LogP contribution in [0.4, 0.5) is 0 Å². The van der Waals surface area contributed by atoms with Crippen molar-refractivity contribution >= 4 is 8.32 Å². The van der Waals surface area contributed by atoms with E-state index in [1.165, 1.54) is 25.7 Å². The topological polar surface area (TPSA) is 9.23 Å². The second-order valence-corrected chi connectivity index (χ2v) is 10.5. The molecule has 1 nitrogen and oxygen atoms in total. The number of unbranched alkanes of at least 4 members (excludes halogenated alkanes) is 3. The third kappa shape index (κ3) is 5.16. The van der Waals surface area contributed by atoms with Crippen LogP contribution in [-0.2, 0) is 4.43 Å². The summed E-state index contributed by atoms with van der Waals surface area (Å²) < 4.78 is 6.08. The van der Waals surface area contributed by atoms with Crippen molar-refractivity contribution in [3.63, 3.8) is 0 Å². The lowest BCUT2D eigenvalue weighted by Crippen LogP contribution is -2.40. The molecular weight excluding hydrogens is 188 g/mol. The van der Waals surface area contributed by atoms with Crippen molar-refractivity contribution in [2.24, 2.45) is 0 Å². The van der Waals surface area contributed by atoms with E-state index in [1.54, 1.807) is 0 Å². The molecule has 0 amide bonds. The molecule has 86 valence electrons. The Morgan fingerprint density at radius 2 is 1.57 bits per heavy atom. The predicted molar refractivity (Wildman–Crippen MR) is 67.3 cm³/mol. The zero-order chi connectivity index (χ0) is 11.2. The first-order valence-electron chi connectivity index (χ1n) is 5.95. The molecule has 0 bridgehead atoms. The van der Waals surface area contributed by atoms with Gasteiger partial charge in [-0.05, 0) is 24.6 Å². The number of hydrogen-bond donors (Lipinski definition) is 0. The van der Waals surface area contributed by atoms with E-state index in [0.717, 1.165) is 6.61 Å². The summed E-state index contributed by atoms with van der Waals surface area (Å²) in [5.74, 6) is 0. The molecule has 0 aromatic heterocycles. The fourth-order valence-corrected chi connectivity index (χ4v) is 2.16. The molecule has 0 aromatic carbocycles. The smallest absolute Gasteiger partial charge is 0.191 e. The summed E-state index contributed by atoms with van der Waals surface area (Å²) in [5, 5.41) is 0.359. The van der Waals surface area contributed by atoms with Crippen LogP contribution < -0.4 is 0 Å². The molecule has 0 saturated heterocycles. The molecule has 0 aromatic rings. The maximum atomic E-state index is 6.08. The lowest BCUT2D eigenvalue weighted by molar-refractivity contribution is 0.278. The molecule has 0 heterocycles. The van der Waals surface area contributed by atoms with Crippen molar-refractivity contribution in [2.75, 3.05) is 6.61 Å². The fraction of sp³-hybridized carbons (Fsp3) is 1.00. The van der Waals surface area contributed by atoms with Crippen molar-refractivity contribution in [3.05, 3.63) is 0 Å². The maximum Gasteiger partial charge on any atom is 0.191 e. The number of hydrogen-bond acceptors (Lipinski definition) is 1. The second kappa shape index (κ2) is 5.91. The summed E-state index contributed by atoms with van der Waals surface area (Å²) >= 11 is 0. The summed E-state index contributed by atoms with van der Waals surface area (Å²) in [6, 6.07) is 0. The third-order valence-corrected chi connectivity index (χ3v) is 7.81. The Balaban J connectivity index is 3.67. The molecule has 0 rings (SSSR count). The van der Waals surface area contributed by atoms with Crippen LogP contribution in [-0.4, -0.2) is 14.9 Å². The zero-order valence-electron chi connectivity index (χ0n) is 10.9. The van der Waals surface area contributed by atoms with Crippen molar-refractivity contribution in [1.29, 1.82) is 0 Å². The van der Waals surface area contributed by atoms with Gasteiger partial charge in [0.05, 0.1) is 0 Å². The van der Waals surface area contributed by atoms with E-state index in [2.05, 4.69) is 40.8 Å². The minimum absolute atomic E-state index is 0.359. The summed E-state index contributed by atoms with van der Waals surface area (Å²) in [4.78, 5) is 0. The van der Waals surface area contributed by atoms with Gasteiger partial charge in [-0.25, -0.2) is 0 Å². The molecule has 0 fully saturated rings. The van der Waals surface area contributed by atoms with Crippen LogP contribution >= 0.6 is 0 Å². The second-order valence-electron chi connectivity index (χ2n) is 5.67. The molecular formula is C12H28OSi. The van der Waals surface area contributed by atoms with Crippen LogP contribution in [0, 0.1) is 0 Å². The lowest BCUT2D eigenvalue weighted by Gasteiger charge is -2.36. The van der Waals surface area contributed by atoms with Gasteiger partial charge in [-0.15, -0.1) is 0 Å². The van der Waals surface area contributed by atoms with Crippen LogP contribution in [0.25, 0.3) is 0 Å². The van der Waals surface area contributed by atoms with Gasteiger partial charge in [-0.3, -0.25) is 0 Å². The average molecular weight is 216 g/mol. The monoisotopic (exact) mass is 216 g/mol. The molecule has 0 N–H and O–H groups in total. The van der Waals surface area contributed by atoms with Crippen molar-refractivity contribution in [3.8, 4) is 0 Å². The highest BCUT2D eigenvalue weighted by atomic mass is 28.4. The minimum atomic E-state index is -1.47. The molecule has 0 aliphatic carbocycles. The molecule has 0 saturated carbocycles. The Kier molecular flexibility index (Phi) is 5.99. The summed E-state index contributed by atoms with van der Waals surface area (Å²) in [6.07, 6.45) is 5.21. The van der Waals surface area contributed by atoms with E-state index in [4.69, 9.17) is 4.43 Å². The first-order chi connectivity index (χ1) is 6.31. The van der Waals surface area contributed by atoms with E-state index < -0.39 is 8.32 Å². The van der Waals surface area contributed by atoms with Gasteiger partial charge in [0.2, 0.25) is 0 Å². The highest BCUT2D eigenvalue weighted by Crippen LogP contribution is 2.36. The Morgan fingerprint density at radius 1 is 1.00 bits per heavy atom. The van der Waals surface area contributed by atoms with E-state index in [-0.39, 0.29) is 0 Å². The highest BCUT2D eigenvalue weighted by Gasteiger charge is 2.36. The van der Waals surface area contributed by atoms with Crippen molar-refractivity contribution < 1.29 is 4.43 Å². The first-order valence-corrected chi connectivity index (χ1v) is 8.86. The number of rotatable bonds is 6. The van der Waals surface area contributed by atoms with Gasteiger partial charge < -0.3 is 4.43 Å². The fourth-order valence-electron chi connectivity index (χ4n) is 1.07. The van der Waals surface area contributed by atoms with Crippen LogP contribution in [0.1, 0.15) is 53.4 Å². The van der Waals surface area contributed by atoms with Crippen molar-refractivity contribution in [1.82, 2.24) is 0 Å². The van der Waals surface area contributed by atoms with Crippen molar-refractivity contribution in [2.45, 2.75) is 71.5 Å². The summed E-state index contributed by atoms with van der Waals surface area (Å²) in [6.45, 7) is 14.8. The van der Waals surface area contributed by atoms with Gasteiger partial charge in [-0.1, -0.05) is 47.0 Å². The largest absolute Gasteiger partial charge is 0.417 e. The Bertz CT molecular complexity index is 147. The third-order valence-electron chi connectivity index (χ3n) is 3.27. The normalized spacial score (nSPS) is 13.3. The van der Waals surface area contributed by atoms with Crippen LogP contribution in [0.5, 0.6) is 0 Å². The zero-order valence-corrected chi connectivity index (χ0v) is 11.9. The van der Waals surface area contributed by atoms with Gasteiger partial charge >= 0.3 is 0 Å². The van der Waals surface area contributed by atoms with Gasteiger partial charge in [0.15, 0.2) is 8.32 Å². The summed E-state index contributed by atoms with van der Waals surface area (Å²) in [5.41, 5.74) is 0. The van der Waals surface area contributed by atoms with E-state index in [9.17, 15) is 0 Å². The molecule has 14 heavy (non-hydrogen) atoms. The van der Waals surface area contributed by atoms with Crippen LogP contribution in [0.2, 0.25) is 18.1 Å². The molecule has 2 heteroatoms. The minimum Gasteiger partial charge on any atom is -0.417 e. The predicted octanol–water partition coefficient (Wildman–Crippen LogP) is 4.59. The maximum absolute atomic E-state index is 6.08. The summed E-state index contributed by atoms with van der Waals surface area (Å²) in [7, 11) is -1.47. The first kappa shape index (κ1) is 14.2. The van der Waals surface area contributed by atoms with Crippen LogP contribution in [0.15, 0.2) is 0 Å².